The Morgan fingerprint density at radius 2 is 2.17 bits per heavy atom. The summed E-state index contributed by atoms with van der Waals surface area (Å²) in [6.45, 7) is 4.82. The van der Waals surface area contributed by atoms with Crippen molar-refractivity contribution in [2.24, 2.45) is 5.92 Å². The molecule has 1 aliphatic heterocycles. The van der Waals surface area contributed by atoms with Gasteiger partial charge < -0.3 is 22.5 Å². The number of halogens is 2. The number of carbonyl (C=O) groups excluding carboxylic acids is 2. The number of amides is 3. The first kappa shape index (κ1) is 19.7. The Hall–Kier alpha value is -1.33. The molecule has 130 valence electrons. The first-order valence-corrected chi connectivity index (χ1v) is 7.47. The van der Waals surface area contributed by atoms with Gasteiger partial charge in [0, 0.05) is 35.3 Å². The maximum Gasteiger partial charge on any atom is 0.314 e. The Morgan fingerprint density at radius 1 is 1.43 bits per heavy atom. The standard InChI is InChI=1S/C15H18ClFN3O2.Ni/c1-2-18-15(22)20-7-3-4-10(9-20)14(21)19-11-5-6-12(16)13(17)8-11;/h5-6,8,10H,1-4,7,9H2,(H,18,22)(H,19,21);/q-1;. The van der Waals surface area contributed by atoms with E-state index in [1.807, 2.05) is 0 Å². The van der Waals surface area contributed by atoms with Crippen LogP contribution in [0.4, 0.5) is 14.9 Å². The second-order valence-corrected chi connectivity index (χ2v) is 5.54. The second-order valence-electron chi connectivity index (χ2n) is 5.14. The molecule has 1 fully saturated rings. The van der Waals surface area contributed by atoms with Gasteiger partial charge in [-0.15, -0.1) is 6.54 Å². The van der Waals surface area contributed by atoms with E-state index < -0.39 is 5.82 Å². The van der Waals surface area contributed by atoms with Crippen LogP contribution in [0, 0.1) is 18.7 Å². The molecule has 0 radical (unpaired) electrons. The number of carbonyl (C=O) groups is 2. The SMILES string of the molecule is [CH2-]CNC(=O)N1CCCC(C(=O)Nc2ccc(Cl)c(F)c2)C1.[Ni]. The van der Waals surface area contributed by atoms with Crippen LogP contribution >= 0.6 is 11.6 Å². The fourth-order valence-electron chi connectivity index (χ4n) is 2.41. The quantitative estimate of drug-likeness (QED) is 0.621. The molecule has 5 nitrogen and oxygen atoms in total. The molecule has 0 aliphatic carbocycles. The predicted octanol–water partition coefficient (Wildman–Crippen LogP) is 2.67. The third-order valence-corrected chi connectivity index (χ3v) is 3.85. The average molecular weight is 385 g/mol. The van der Waals surface area contributed by atoms with E-state index in [1.165, 1.54) is 12.1 Å². The van der Waals surface area contributed by atoms with E-state index in [4.69, 9.17) is 11.6 Å². The van der Waals surface area contributed by atoms with Crippen molar-refractivity contribution in [1.29, 1.82) is 0 Å². The van der Waals surface area contributed by atoms with Crippen LogP contribution in [-0.4, -0.2) is 36.5 Å². The maximum atomic E-state index is 13.4. The first-order valence-electron chi connectivity index (χ1n) is 7.09. The van der Waals surface area contributed by atoms with Gasteiger partial charge in [-0.05, 0) is 31.0 Å². The molecule has 0 spiro atoms. The van der Waals surface area contributed by atoms with E-state index in [1.54, 1.807) is 11.0 Å². The molecule has 0 saturated carbocycles. The van der Waals surface area contributed by atoms with Crippen molar-refractivity contribution < 1.29 is 30.5 Å². The van der Waals surface area contributed by atoms with Crippen molar-refractivity contribution in [1.82, 2.24) is 10.2 Å². The van der Waals surface area contributed by atoms with Crippen molar-refractivity contribution >= 4 is 29.2 Å². The minimum Gasteiger partial charge on any atom is -0.368 e. The van der Waals surface area contributed by atoms with Crippen molar-refractivity contribution in [3.63, 3.8) is 0 Å². The van der Waals surface area contributed by atoms with Crippen LogP contribution in [0.1, 0.15) is 12.8 Å². The summed E-state index contributed by atoms with van der Waals surface area (Å²) < 4.78 is 13.4. The van der Waals surface area contributed by atoms with Crippen molar-refractivity contribution in [2.45, 2.75) is 12.8 Å². The van der Waals surface area contributed by atoms with Gasteiger partial charge in [-0.1, -0.05) is 11.6 Å². The van der Waals surface area contributed by atoms with E-state index in [9.17, 15) is 14.0 Å². The van der Waals surface area contributed by atoms with Crippen molar-refractivity contribution in [3.8, 4) is 0 Å². The molecule has 1 unspecified atom stereocenters. The molecule has 2 rings (SSSR count). The number of piperidine rings is 1. The molecule has 0 aromatic heterocycles. The Kier molecular flexibility index (Phi) is 7.79. The third-order valence-electron chi connectivity index (χ3n) is 3.54. The number of anilines is 1. The summed E-state index contributed by atoms with van der Waals surface area (Å²) in [5, 5.41) is 5.29. The van der Waals surface area contributed by atoms with Crippen LogP contribution in [-0.2, 0) is 21.3 Å². The maximum absolute atomic E-state index is 13.4. The number of hydrogen-bond donors (Lipinski definition) is 2. The van der Waals surface area contributed by atoms with Gasteiger partial charge in [-0.3, -0.25) is 4.79 Å². The van der Waals surface area contributed by atoms with Crippen molar-refractivity contribution in [3.05, 3.63) is 36.0 Å². The summed E-state index contributed by atoms with van der Waals surface area (Å²) in [4.78, 5) is 25.6. The Bertz CT molecular complexity index is 574. The normalized spacial score (nSPS) is 17.2. The van der Waals surface area contributed by atoms with Gasteiger partial charge in [0.25, 0.3) is 0 Å². The Morgan fingerprint density at radius 3 is 2.83 bits per heavy atom. The largest absolute Gasteiger partial charge is 0.368 e. The third kappa shape index (κ3) is 5.36. The van der Waals surface area contributed by atoms with E-state index in [-0.39, 0.29) is 39.4 Å². The zero-order chi connectivity index (χ0) is 16.1. The number of rotatable bonds is 3. The van der Waals surface area contributed by atoms with Crippen LogP contribution in [0.5, 0.6) is 0 Å². The topological polar surface area (TPSA) is 61.4 Å². The molecular formula is C15H18ClFN3NiO2-. The van der Waals surface area contributed by atoms with E-state index >= 15 is 0 Å². The van der Waals surface area contributed by atoms with Gasteiger partial charge in [0.1, 0.15) is 5.82 Å². The number of benzene rings is 1. The van der Waals surface area contributed by atoms with Crippen LogP contribution in [0.2, 0.25) is 5.02 Å². The van der Waals surface area contributed by atoms with Crippen LogP contribution in [0.15, 0.2) is 18.2 Å². The molecule has 1 aromatic carbocycles. The molecule has 1 saturated heterocycles. The Balaban J connectivity index is 0.00000264. The molecule has 0 bridgehead atoms. The van der Waals surface area contributed by atoms with E-state index in [0.29, 0.717) is 31.7 Å². The molecule has 1 aliphatic rings. The van der Waals surface area contributed by atoms with Crippen molar-refractivity contribution in [2.75, 3.05) is 25.0 Å². The number of nitrogens with one attached hydrogen (secondary N) is 2. The van der Waals surface area contributed by atoms with E-state index in [0.717, 1.165) is 6.42 Å². The summed E-state index contributed by atoms with van der Waals surface area (Å²) >= 11 is 5.61. The summed E-state index contributed by atoms with van der Waals surface area (Å²) in [6, 6.07) is 3.89. The van der Waals surface area contributed by atoms with Crippen LogP contribution in [0.3, 0.4) is 0 Å². The second kappa shape index (κ2) is 9.09. The monoisotopic (exact) mass is 384 g/mol. The van der Waals surface area contributed by atoms with Gasteiger partial charge in [-0.2, -0.15) is 0 Å². The minimum atomic E-state index is -0.584. The van der Waals surface area contributed by atoms with Gasteiger partial charge in [0.15, 0.2) is 0 Å². The fourth-order valence-corrected chi connectivity index (χ4v) is 2.53. The van der Waals surface area contributed by atoms with Crippen LogP contribution < -0.4 is 10.6 Å². The van der Waals surface area contributed by atoms with Gasteiger partial charge in [0.05, 0.1) is 10.9 Å². The van der Waals surface area contributed by atoms with E-state index in [2.05, 4.69) is 17.6 Å². The number of nitrogens with zero attached hydrogens (tertiary/aromatic N) is 1. The minimum absolute atomic E-state index is 0. The predicted molar refractivity (Wildman–Crippen MR) is 83.1 cm³/mol. The zero-order valence-electron chi connectivity index (χ0n) is 12.4. The molecule has 1 atom stereocenters. The summed E-state index contributed by atoms with van der Waals surface area (Å²) in [7, 11) is 0. The molecule has 23 heavy (non-hydrogen) atoms. The molecular weight excluding hydrogens is 367 g/mol. The molecule has 8 heteroatoms. The summed E-state index contributed by atoms with van der Waals surface area (Å²) in [6.07, 6.45) is 1.44. The van der Waals surface area contributed by atoms with Gasteiger partial charge in [0.2, 0.25) is 5.91 Å². The molecule has 1 aromatic rings. The molecule has 3 amide bonds. The Labute approximate surface area is 149 Å². The molecule has 2 N–H and O–H groups in total. The number of urea groups is 1. The smallest absolute Gasteiger partial charge is 0.314 e. The fraction of sp³-hybridized carbons (Fsp3) is 0.400. The van der Waals surface area contributed by atoms with Gasteiger partial charge >= 0.3 is 6.03 Å². The summed E-state index contributed by atoms with van der Waals surface area (Å²) in [5.74, 6) is -1.13. The average Bonchev–Trinajstić information content (AvgIpc) is 2.51. The first-order chi connectivity index (χ1) is 10.5. The number of likely N-dealkylation sites (tertiary alicyclic amines) is 1. The molecule has 1 heterocycles. The number of hydrogen-bond acceptors (Lipinski definition) is 2. The zero-order valence-corrected chi connectivity index (χ0v) is 14.1. The van der Waals surface area contributed by atoms with Crippen LogP contribution in [0.25, 0.3) is 0 Å². The summed E-state index contributed by atoms with van der Waals surface area (Å²) in [5.41, 5.74) is 0.353. The van der Waals surface area contributed by atoms with Gasteiger partial charge in [-0.25, -0.2) is 9.18 Å².